The predicted octanol–water partition coefficient (Wildman–Crippen LogP) is 3.68. The number of halogens is 2. The molecule has 4 nitrogen and oxygen atoms in total. The SMILES string of the molecule is CSCCNC(=NCc1ccccc1F)NCCc1ccco1.I. The van der Waals surface area contributed by atoms with Crippen LogP contribution in [-0.2, 0) is 13.0 Å². The van der Waals surface area contributed by atoms with E-state index in [2.05, 4.69) is 21.9 Å². The van der Waals surface area contributed by atoms with Crippen molar-refractivity contribution in [1.82, 2.24) is 10.6 Å². The van der Waals surface area contributed by atoms with Crippen LogP contribution in [0.4, 0.5) is 4.39 Å². The quantitative estimate of drug-likeness (QED) is 0.272. The number of hydrogen-bond donors (Lipinski definition) is 2. The van der Waals surface area contributed by atoms with Crippen molar-refractivity contribution in [3.05, 3.63) is 59.8 Å². The van der Waals surface area contributed by atoms with Gasteiger partial charge in [-0.05, 0) is 24.5 Å². The molecule has 2 rings (SSSR count). The molecule has 0 saturated carbocycles. The van der Waals surface area contributed by atoms with E-state index in [0.717, 1.165) is 24.5 Å². The summed E-state index contributed by atoms with van der Waals surface area (Å²) in [5.74, 6) is 2.37. The Labute approximate surface area is 163 Å². The lowest BCUT2D eigenvalue weighted by atomic mass is 10.2. The van der Waals surface area contributed by atoms with Crippen LogP contribution in [0.1, 0.15) is 11.3 Å². The highest BCUT2D eigenvalue weighted by Crippen LogP contribution is 2.07. The van der Waals surface area contributed by atoms with Gasteiger partial charge >= 0.3 is 0 Å². The average molecular weight is 463 g/mol. The van der Waals surface area contributed by atoms with E-state index >= 15 is 0 Å². The number of guanidine groups is 1. The van der Waals surface area contributed by atoms with Crippen molar-refractivity contribution in [3.63, 3.8) is 0 Å². The van der Waals surface area contributed by atoms with E-state index in [4.69, 9.17) is 4.42 Å². The normalized spacial score (nSPS) is 11.0. The Morgan fingerprint density at radius 3 is 2.67 bits per heavy atom. The van der Waals surface area contributed by atoms with Crippen LogP contribution in [-0.4, -0.2) is 31.1 Å². The number of furan rings is 1. The molecule has 0 radical (unpaired) electrons. The van der Waals surface area contributed by atoms with Gasteiger partial charge in [0.15, 0.2) is 5.96 Å². The van der Waals surface area contributed by atoms with Gasteiger partial charge in [-0.15, -0.1) is 24.0 Å². The summed E-state index contributed by atoms with van der Waals surface area (Å²) < 4.78 is 19.0. The van der Waals surface area contributed by atoms with Gasteiger partial charge in [0.1, 0.15) is 11.6 Å². The molecule has 0 spiro atoms. The minimum Gasteiger partial charge on any atom is -0.469 e. The third-order valence-electron chi connectivity index (χ3n) is 3.21. The molecule has 2 N–H and O–H groups in total. The molecule has 0 unspecified atom stereocenters. The average Bonchev–Trinajstić information content (AvgIpc) is 3.07. The summed E-state index contributed by atoms with van der Waals surface area (Å²) in [6, 6.07) is 10.5. The Bertz CT molecular complexity index is 608. The van der Waals surface area contributed by atoms with E-state index in [1.165, 1.54) is 6.07 Å². The van der Waals surface area contributed by atoms with Gasteiger partial charge in [-0.3, -0.25) is 0 Å². The smallest absolute Gasteiger partial charge is 0.191 e. The topological polar surface area (TPSA) is 49.6 Å². The molecule has 1 heterocycles. The van der Waals surface area contributed by atoms with Gasteiger partial charge < -0.3 is 15.1 Å². The molecule has 7 heteroatoms. The Balaban J connectivity index is 0.00000288. The van der Waals surface area contributed by atoms with E-state index < -0.39 is 0 Å². The molecule has 0 aliphatic heterocycles. The van der Waals surface area contributed by atoms with Gasteiger partial charge in [-0.1, -0.05) is 18.2 Å². The molecule has 0 atom stereocenters. The molecular weight excluding hydrogens is 440 g/mol. The Morgan fingerprint density at radius 1 is 1.17 bits per heavy atom. The van der Waals surface area contributed by atoms with Gasteiger partial charge in [0, 0.05) is 30.8 Å². The fraction of sp³-hybridized carbons (Fsp3) is 0.353. The Kier molecular flexibility index (Phi) is 10.6. The predicted molar refractivity (Wildman–Crippen MR) is 110 cm³/mol. The number of aliphatic imine (C=N–C) groups is 1. The van der Waals surface area contributed by atoms with Gasteiger partial charge in [0.25, 0.3) is 0 Å². The largest absolute Gasteiger partial charge is 0.469 e. The third-order valence-corrected chi connectivity index (χ3v) is 3.82. The van der Waals surface area contributed by atoms with E-state index in [1.54, 1.807) is 30.2 Å². The molecule has 0 saturated heterocycles. The first-order valence-corrected chi connectivity index (χ1v) is 8.96. The second-order valence-corrected chi connectivity index (χ2v) is 5.92. The maximum Gasteiger partial charge on any atom is 0.191 e. The van der Waals surface area contributed by atoms with Gasteiger partial charge in [-0.2, -0.15) is 11.8 Å². The first-order chi connectivity index (χ1) is 11.3. The van der Waals surface area contributed by atoms with Crippen LogP contribution in [0.25, 0.3) is 0 Å². The Hall–Kier alpha value is -1.22. The molecule has 0 aliphatic carbocycles. The lowest BCUT2D eigenvalue weighted by Gasteiger charge is -2.12. The molecule has 2 aromatic rings. The van der Waals surface area contributed by atoms with Crippen LogP contribution >= 0.6 is 35.7 Å². The van der Waals surface area contributed by atoms with Crippen LogP contribution in [0.2, 0.25) is 0 Å². The number of benzene rings is 1. The third kappa shape index (κ3) is 7.57. The van der Waals surface area contributed by atoms with Crippen LogP contribution in [0.3, 0.4) is 0 Å². The second-order valence-electron chi connectivity index (χ2n) is 4.93. The molecule has 132 valence electrons. The summed E-state index contributed by atoms with van der Waals surface area (Å²) in [6.07, 6.45) is 4.50. The lowest BCUT2D eigenvalue weighted by Crippen LogP contribution is -2.39. The first kappa shape index (κ1) is 20.8. The highest BCUT2D eigenvalue weighted by atomic mass is 127. The molecule has 1 aromatic carbocycles. The number of nitrogens with one attached hydrogen (secondary N) is 2. The summed E-state index contributed by atoms with van der Waals surface area (Å²) in [5, 5.41) is 6.51. The van der Waals surface area contributed by atoms with Gasteiger partial charge in [-0.25, -0.2) is 9.38 Å². The maximum absolute atomic E-state index is 13.7. The summed E-state index contributed by atoms with van der Waals surface area (Å²) in [5.41, 5.74) is 0.588. The standard InChI is InChI=1S/C17H22FN3OS.HI/c1-23-12-10-20-17(19-9-8-15-6-4-11-22-15)21-13-14-5-2-3-7-16(14)18;/h2-7,11H,8-10,12-13H2,1H3,(H2,19,20,21);1H. The van der Waals surface area contributed by atoms with Crippen LogP contribution in [0.15, 0.2) is 52.1 Å². The maximum atomic E-state index is 13.7. The second kappa shape index (κ2) is 12.2. The van der Waals surface area contributed by atoms with Crippen molar-refractivity contribution in [3.8, 4) is 0 Å². The highest BCUT2D eigenvalue weighted by molar-refractivity contribution is 14.0. The monoisotopic (exact) mass is 463 g/mol. The fourth-order valence-corrected chi connectivity index (χ4v) is 2.30. The molecule has 0 amide bonds. The van der Waals surface area contributed by atoms with E-state index in [9.17, 15) is 4.39 Å². The number of rotatable bonds is 8. The summed E-state index contributed by atoms with van der Waals surface area (Å²) in [4.78, 5) is 4.46. The van der Waals surface area contributed by atoms with Crippen molar-refractivity contribution in [2.24, 2.45) is 4.99 Å². The molecular formula is C17H23FIN3OS. The van der Waals surface area contributed by atoms with E-state index in [0.29, 0.717) is 24.6 Å². The van der Waals surface area contributed by atoms with Crippen LogP contribution < -0.4 is 10.6 Å². The Morgan fingerprint density at radius 2 is 1.96 bits per heavy atom. The fourth-order valence-electron chi connectivity index (χ4n) is 2.00. The number of nitrogens with zero attached hydrogens (tertiary/aromatic N) is 1. The van der Waals surface area contributed by atoms with Crippen molar-refractivity contribution in [2.75, 3.05) is 25.1 Å². The van der Waals surface area contributed by atoms with E-state index in [-0.39, 0.29) is 29.8 Å². The van der Waals surface area contributed by atoms with Gasteiger partial charge in [0.05, 0.1) is 12.8 Å². The van der Waals surface area contributed by atoms with Crippen LogP contribution in [0, 0.1) is 5.82 Å². The number of thioether (sulfide) groups is 1. The molecule has 0 bridgehead atoms. The zero-order valence-corrected chi connectivity index (χ0v) is 16.8. The highest BCUT2D eigenvalue weighted by Gasteiger charge is 2.03. The van der Waals surface area contributed by atoms with E-state index in [1.807, 2.05) is 18.2 Å². The molecule has 0 fully saturated rings. The minimum absolute atomic E-state index is 0. The molecule has 1 aromatic heterocycles. The minimum atomic E-state index is -0.227. The van der Waals surface area contributed by atoms with Gasteiger partial charge in [0.2, 0.25) is 0 Å². The van der Waals surface area contributed by atoms with Crippen molar-refractivity contribution >= 4 is 41.7 Å². The zero-order valence-electron chi connectivity index (χ0n) is 13.6. The molecule has 24 heavy (non-hydrogen) atoms. The first-order valence-electron chi connectivity index (χ1n) is 7.56. The van der Waals surface area contributed by atoms with Crippen molar-refractivity contribution in [2.45, 2.75) is 13.0 Å². The zero-order chi connectivity index (χ0) is 16.3. The van der Waals surface area contributed by atoms with Crippen molar-refractivity contribution in [1.29, 1.82) is 0 Å². The summed E-state index contributed by atoms with van der Waals surface area (Å²) >= 11 is 1.76. The summed E-state index contributed by atoms with van der Waals surface area (Å²) in [6.45, 7) is 1.82. The number of hydrogen-bond acceptors (Lipinski definition) is 3. The molecule has 0 aliphatic rings. The summed E-state index contributed by atoms with van der Waals surface area (Å²) in [7, 11) is 0. The van der Waals surface area contributed by atoms with Crippen molar-refractivity contribution < 1.29 is 8.81 Å². The lowest BCUT2D eigenvalue weighted by molar-refractivity contribution is 0.507. The van der Waals surface area contributed by atoms with Crippen LogP contribution in [0.5, 0.6) is 0 Å².